The summed E-state index contributed by atoms with van der Waals surface area (Å²) in [5, 5.41) is 13.2. The van der Waals surface area contributed by atoms with E-state index in [0.717, 1.165) is 31.7 Å². The summed E-state index contributed by atoms with van der Waals surface area (Å²) < 4.78 is 13.2. The molecule has 2 N–H and O–H groups in total. The van der Waals surface area contributed by atoms with Gasteiger partial charge in [0.25, 0.3) is 0 Å². The number of aromatic hydroxyl groups is 1. The quantitative estimate of drug-likeness (QED) is 0.840. The average Bonchev–Trinajstić information content (AvgIpc) is 2.34. The second-order valence-electron chi connectivity index (χ2n) is 4.52. The third kappa shape index (κ3) is 2.76. The van der Waals surface area contributed by atoms with Crippen molar-refractivity contribution in [1.29, 1.82) is 0 Å². The fraction of sp³-hybridized carbons (Fsp3) is 0.538. The van der Waals surface area contributed by atoms with Crippen molar-refractivity contribution < 1.29 is 9.50 Å². The maximum Gasteiger partial charge on any atom is 0.120 e. The summed E-state index contributed by atoms with van der Waals surface area (Å²) in [6, 6.07) is 5.12. The predicted molar refractivity (Wildman–Crippen MR) is 66.0 cm³/mol. The zero-order valence-corrected chi connectivity index (χ0v) is 10.1. The van der Waals surface area contributed by atoms with Gasteiger partial charge in [-0.05, 0) is 18.6 Å². The summed E-state index contributed by atoms with van der Waals surface area (Å²) in [5.41, 5.74) is 1.68. The number of hydrogen-bond acceptors (Lipinski definition) is 3. The molecule has 1 aromatic carbocycles. The Balaban J connectivity index is 2.21. The Morgan fingerprint density at radius 2 is 2.12 bits per heavy atom. The first-order valence-electron chi connectivity index (χ1n) is 6.02. The zero-order chi connectivity index (χ0) is 12.3. The molecule has 4 heteroatoms. The lowest BCUT2D eigenvalue weighted by Gasteiger charge is -2.33. The molecule has 2 rings (SSSR count). The van der Waals surface area contributed by atoms with E-state index in [2.05, 4.69) is 10.2 Å². The minimum absolute atomic E-state index is 0.200. The molecule has 1 atom stereocenters. The molecule has 0 amide bonds. The summed E-state index contributed by atoms with van der Waals surface area (Å²) in [5.74, 6) is 0.200. The van der Waals surface area contributed by atoms with Gasteiger partial charge in [0.1, 0.15) is 12.4 Å². The SMILES string of the molecule is Cc1ccc([C@H](CF)N2CCNCC2)c(O)c1. The van der Waals surface area contributed by atoms with Crippen molar-refractivity contribution in [2.45, 2.75) is 13.0 Å². The molecule has 94 valence electrons. The van der Waals surface area contributed by atoms with Crippen LogP contribution in [0.15, 0.2) is 18.2 Å². The Kier molecular flexibility index (Phi) is 3.97. The van der Waals surface area contributed by atoms with E-state index in [-0.39, 0.29) is 11.8 Å². The molecule has 0 aromatic heterocycles. The maximum atomic E-state index is 13.2. The van der Waals surface area contributed by atoms with E-state index >= 15 is 0 Å². The number of rotatable bonds is 3. The van der Waals surface area contributed by atoms with Gasteiger partial charge in [0, 0.05) is 31.7 Å². The fourth-order valence-electron chi connectivity index (χ4n) is 2.31. The third-order valence-electron chi connectivity index (χ3n) is 3.28. The Morgan fingerprint density at radius 1 is 1.41 bits per heavy atom. The normalized spacial score (nSPS) is 19.2. The van der Waals surface area contributed by atoms with Gasteiger partial charge in [-0.2, -0.15) is 0 Å². The number of piperazine rings is 1. The van der Waals surface area contributed by atoms with Crippen LogP contribution in [0.2, 0.25) is 0 Å². The van der Waals surface area contributed by atoms with Crippen LogP contribution in [0, 0.1) is 6.92 Å². The highest BCUT2D eigenvalue weighted by atomic mass is 19.1. The van der Waals surface area contributed by atoms with E-state index in [1.807, 2.05) is 19.1 Å². The highest BCUT2D eigenvalue weighted by molar-refractivity contribution is 5.38. The van der Waals surface area contributed by atoms with Crippen LogP contribution in [-0.2, 0) is 0 Å². The number of alkyl halides is 1. The zero-order valence-electron chi connectivity index (χ0n) is 10.1. The van der Waals surface area contributed by atoms with Crippen molar-refractivity contribution in [3.8, 4) is 5.75 Å². The number of phenolic OH excluding ortho intramolecular Hbond substituents is 1. The number of nitrogens with zero attached hydrogens (tertiary/aromatic N) is 1. The van der Waals surface area contributed by atoms with Gasteiger partial charge in [-0.3, -0.25) is 4.90 Å². The van der Waals surface area contributed by atoms with E-state index < -0.39 is 6.67 Å². The molecule has 0 aliphatic carbocycles. The molecular weight excluding hydrogens is 219 g/mol. The topological polar surface area (TPSA) is 35.5 Å². The summed E-state index contributed by atoms with van der Waals surface area (Å²) in [6.45, 7) is 4.85. The smallest absolute Gasteiger partial charge is 0.120 e. The first-order chi connectivity index (χ1) is 8.22. The molecule has 1 aliphatic heterocycles. The molecule has 1 fully saturated rings. The van der Waals surface area contributed by atoms with Crippen molar-refractivity contribution in [2.24, 2.45) is 0 Å². The van der Waals surface area contributed by atoms with Crippen molar-refractivity contribution in [3.05, 3.63) is 29.3 Å². The lowest BCUT2D eigenvalue weighted by Crippen LogP contribution is -2.45. The number of halogens is 1. The molecule has 1 saturated heterocycles. The summed E-state index contributed by atoms with van der Waals surface area (Å²) >= 11 is 0. The van der Waals surface area contributed by atoms with Crippen LogP contribution in [0.4, 0.5) is 4.39 Å². The third-order valence-corrected chi connectivity index (χ3v) is 3.28. The fourth-order valence-corrected chi connectivity index (χ4v) is 2.31. The Hall–Kier alpha value is -1.13. The van der Waals surface area contributed by atoms with Crippen LogP contribution in [0.25, 0.3) is 0 Å². The van der Waals surface area contributed by atoms with E-state index in [0.29, 0.717) is 5.56 Å². The second kappa shape index (κ2) is 5.47. The Labute approximate surface area is 101 Å². The van der Waals surface area contributed by atoms with E-state index in [1.165, 1.54) is 0 Å². The molecule has 0 spiro atoms. The molecule has 1 aromatic rings. The molecule has 1 aliphatic rings. The summed E-state index contributed by atoms with van der Waals surface area (Å²) in [6.07, 6.45) is 0. The van der Waals surface area contributed by atoms with Crippen LogP contribution in [0.5, 0.6) is 5.75 Å². The molecule has 17 heavy (non-hydrogen) atoms. The average molecular weight is 238 g/mol. The Morgan fingerprint density at radius 3 is 2.71 bits per heavy atom. The van der Waals surface area contributed by atoms with Crippen LogP contribution in [-0.4, -0.2) is 42.9 Å². The number of phenols is 1. The van der Waals surface area contributed by atoms with Gasteiger partial charge in [-0.25, -0.2) is 4.39 Å². The highest BCUT2D eigenvalue weighted by Crippen LogP contribution is 2.30. The van der Waals surface area contributed by atoms with E-state index in [4.69, 9.17) is 0 Å². The van der Waals surface area contributed by atoms with Gasteiger partial charge in [-0.15, -0.1) is 0 Å². The van der Waals surface area contributed by atoms with Gasteiger partial charge in [-0.1, -0.05) is 12.1 Å². The van der Waals surface area contributed by atoms with Crippen molar-refractivity contribution in [2.75, 3.05) is 32.9 Å². The van der Waals surface area contributed by atoms with Crippen LogP contribution < -0.4 is 5.32 Å². The first-order valence-corrected chi connectivity index (χ1v) is 6.02. The van der Waals surface area contributed by atoms with Gasteiger partial charge in [0.2, 0.25) is 0 Å². The molecular formula is C13H19FN2O. The molecule has 3 nitrogen and oxygen atoms in total. The lowest BCUT2D eigenvalue weighted by atomic mass is 10.0. The maximum absolute atomic E-state index is 13.2. The van der Waals surface area contributed by atoms with E-state index in [1.54, 1.807) is 6.07 Å². The molecule has 0 unspecified atom stereocenters. The van der Waals surface area contributed by atoms with Crippen LogP contribution in [0.1, 0.15) is 17.2 Å². The van der Waals surface area contributed by atoms with Crippen LogP contribution >= 0.6 is 0 Å². The summed E-state index contributed by atoms with van der Waals surface area (Å²) in [4.78, 5) is 2.08. The number of hydrogen-bond donors (Lipinski definition) is 2. The van der Waals surface area contributed by atoms with Gasteiger partial charge < -0.3 is 10.4 Å². The van der Waals surface area contributed by atoms with Crippen molar-refractivity contribution >= 4 is 0 Å². The van der Waals surface area contributed by atoms with Crippen molar-refractivity contribution in [1.82, 2.24) is 10.2 Å². The number of benzene rings is 1. The second-order valence-corrected chi connectivity index (χ2v) is 4.52. The van der Waals surface area contributed by atoms with E-state index in [9.17, 15) is 9.50 Å². The predicted octanol–water partition coefficient (Wildman–Crippen LogP) is 1.62. The molecule has 0 saturated carbocycles. The molecule has 0 radical (unpaired) electrons. The number of nitrogens with one attached hydrogen (secondary N) is 1. The summed E-state index contributed by atoms with van der Waals surface area (Å²) in [7, 11) is 0. The van der Waals surface area contributed by atoms with Crippen LogP contribution in [0.3, 0.4) is 0 Å². The minimum Gasteiger partial charge on any atom is -0.508 e. The largest absolute Gasteiger partial charge is 0.508 e. The molecule has 0 bridgehead atoms. The molecule has 1 heterocycles. The highest BCUT2D eigenvalue weighted by Gasteiger charge is 2.24. The van der Waals surface area contributed by atoms with Crippen molar-refractivity contribution in [3.63, 3.8) is 0 Å². The Bertz CT molecular complexity index is 378. The van der Waals surface area contributed by atoms with Gasteiger partial charge in [0.05, 0.1) is 6.04 Å². The monoisotopic (exact) mass is 238 g/mol. The standard InChI is InChI=1S/C13H19FN2O/c1-10-2-3-11(13(17)8-10)12(9-14)16-6-4-15-5-7-16/h2-3,8,12,15,17H,4-7,9H2,1H3/t12-/m0/s1. The van der Waals surface area contributed by atoms with Gasteiger partial charge >= 0.3 is 0 Å². The minimum atomic E-state index is -0.462. The lowest BCUT2D eigenvalue weighted by molar-refractivity contribution is 0.145. The number of aryl methyl sites for hydroxylation is 1. The van der Waals surface area contributed by atoms with Gasteiger partial charge in [0.15, 0.2) is 0 Å². The first kappa shape index (κ1) is 12.3.